The Kier molecular flexibility index (Phi) is 3.92. The number of ether oxygens (including phenoxy) is 1. The number of anilines is 1. The number of nitrogens with two attached hydrogens (primary N) is 1. The van der Waals surface area contributed by atoms with Crippen molar-refractivity contribution in [3.8, 4) is 0 Å². The van der Waals surface area contributed by atoms with E-state index in [1.54, 1.807) is 19.1 Å². The van der Waals surface area contributed by atoms with Crippen LogP contribution in [0.5, 0.6) is 0 Å². The van der Waals surface area contributed by atoms with Crippen LogP contribution in [0.4, 0.5) is 5.82 Å². The average Bonchev–Trinajstić information content (AvgIpc) is 3.29. The molecule has 4 rings (SSSR count). The molecule has 10 nitrogen and oxygen atoms in total. The molecule has 1 aliphatic rings. The highest BCUT2D eigenvalue weighted by Crippen LogP contribution is 2.40. The van der Waals surface area contributed by atoms with E-state index >= 15 is 0 Å². The van der Waals surface area contributed by atoms with E-state index in [2.05, 4.69) is 15.0 Å². The monoisotopic (exact) mass is 361 g/mol. The van der Waals surface area contributed by atoms with Gasteiger partial charge in [0.05, 0.1) is 19.4 Å². The first kappa shape index (κ1) is 16.9. The van der Waals surface area contributed by atoms with Crippen molar-refractivity contribution in [1.29, 1.82) is 0 Å². The number of imidazole rings is 1. The van der Waals surface area contributed by atoms with Crippen LogP contribution in [-0.2, 0) is 16.9 Å². The quantitative estimate of drug-likeness (QED) is 0.473. The summed E-state index contributed by atoms with van der Waals surface area (Å²) >= 11 is 0. The van der Waals surface area contributed by atoms with Crippen LogP contribution in [-0.4, -0.2) is 59.8 Å². The van der Waals surface area contributed by atoms with Crippen LogP contribution in [0.2, 0.25) is 0 Å². The molecule has 10 heteroatoms. The van der Waals surface area contributed by atoms with Crippen LogP contribution in [0.1, 0.15) is 11.5 Å². The first-order valence-electron chi connectivity index (χ1n) is 8.10. The second kappa shape index (κ2) is 6.02. The number of hydrogen-bond donors (Lipinski definition) is 4. The molecule has 1 saturated heterocycles. The number of aliphatic hydroxyl groups is 3. The molecule has 26 heavy (non-hydrogen) atoms. The fourth-order valence-electron chi connectivity index (χ4n) is 3.41. The molecular weight excluding hydrogens is 342 g/mol. The Morgan fingerprint density at radius 1 is 1.27 bits per heavy atom. The van der Waals surface area contributed by atoms with Gasteiger partial charge in [-0.05, 0) is 19.1 Å². The minimum absolute atomic E-state index is 0.0882. The molecule has 1 fully saturated rings. The van der Waals surface area contributed by atoms with Gasteiger partial charge in [-0.2, -0.15) is 0 Å². The zero-order valence-corrected chi connectivity index (χ0v) is 14.0. The van der Waals surface area contributed by atoms with Crippen LogP contribution in [0.15, 0.2) is 29.2 Å². The highest BCUT2D eigenvalue weighted by Gasteiger charge is 2.56. The van der Waals surface area contributed by atoms with Crippen molar-refractivity contribution in [2.24, 2.45) is 0 Å². The standard InChI is InChI=1S/C16H19N5O5/c1-8-2-3-9(25-8)4-16(13(24)12(23)10(5-22)26-16)21-7-20-11-14(17)18-6-19-15(11)21/h2-3,6-7,10,12-13,22-24H,4-5H2,1H3,(H2,17,18,19)/t10-,12-,13-,16-/m1/s1. The lowest BCUT2D eigenvalue weighted by molar-refractivity contribution is -0.147. The number of aromatic nitrogens is 4. The maximum Gasteiger partial charge on any atom is 0.183 e. The van der Waals surface area contributed by atoms with Gasteiger partial charge in [-0.3, -0.25) is 4.57 Å². The third kappa shape index (κ3) is 2.38. The van der Waals surface area contributed by atoms with Crippen molar-refractivity contribution in [2.75, 3.05) is 12.3 Å². The zero-order valence-electron chi connectivity index (χ0n) is 14.0. The molecule has 0 unspecified atom stereocenters. The molecule has 3 aromatic heterocycles. The van der Waals surface area contributed by atoms with E-state index in [-0.39, 0.29) is 12.2 Å². The molecule has 0 aromatic carbocycles. The van der Waals surface area contributed by atoms with Gasteiger partial charge in [0, 0.05) is 0 Å². The van der Waals surface area contributed by atoms with Gasteiger partial charge >= 0.3 is 0 Å². The average molecular weight is 361 g/mol. The molecule has 4 atom stereocenters. The Morgan fingerprint density at radius 3 is 2.73 bits per heavy atom. The Morgan fingerprint density at radius 2 is 2.08 bits per heavy atom. The number of aryl methyl sites for hydroxylation is 1. The SMILES string of the molecule is Cc1ccc(C[C@@]2(n3cnc4c(N)ncnc43)O[C@H](CO)[C@@H](O)[C@H]2O)o1. The van der Waals surface area contributed by atoms with Gasteiger partial charge < -0.3 is 30.2 Å². The van der Waals surface area contributed by atoms with Crippen LogP contribution in [0.25, 0.3) is 11.2 Å². The minimum Gasteiger partial charge on any atom is -0.466 e. The molecule has 0 radical (unpaired) electrons. The number of fused-ring (bicyclic) bond motifs is 1. The van der Waals surface area contributed by atoms with Gasteiger partial charge in [-0.15, -0.1) is 0 Å². The second-order valence-electron chi connectivity index (χ2n) is 6.35. The van der Waals surface area contributed by atoms with Crippen molar-refractivity contribution >= 4 is 17.0 Å². The Bertz CT molecular complexity index is 940. The normalized spacial score (nSPS) is 28.8. The van der Waals surface area contributed by atoms with E-state index in [4.69, 9.17) is 14.9 Å². The summed E-state index contributed by atoms with van der Waals surface area (Å²) in [6.07, 6.45) is -0.849. The largest absolute Gasteiger partial charge is 0.466 e. The van der Waals surface area contributed by atoms with E-state index in [1.165, 1.54) is 17.2 Å². The molecule has 138 valence electrons. The summed E-state index contributed by atoms with van der Waals surface area (Å²) in [5.41, 5.74) is 5.05. The van der Waals surface area contributed by atoms with Crippen molar-refractivity contribution < 1.29 is 24.5 Å². The lowest BCUT2D eigenvalue weighted by Gasteiger charge is -2.33. The third-order valence-electron chi connectivity index (χ3n) is 4.70. The second-order valence-corrected chi connectivity index (χ2v) is 6.35. The predicted octanol–water partition coefficient (Wildman–Crippen LogP) is -0.682. The number of nitrogen functional groups attached to an aromatic ring is 1. The van der Waals surface area contributed by atoms with Gasteiger partial charge in [-0.1, -0.05) is 0 Å². The summed E-state index contributed by atoms with van der Waals surface area (Å²) in [6.45, 7) is 1.34. The first-order valence-corrected chi connectivity index (χ1v) is 8.10. The molecular formula is C16H19N5O5. The van der Waals surface area contributed by atoms with E-state index < -0.39 is 30.6 Å². The number of hydrogen-bond acceptors (Lipinski definition) is 9. The first-order chi connectivity index (χ1) is 12.5. The van der Waals surface area contributed by atoms with E-state index in [1.807, 2.05) is 0 Å². The molecule has 1 aliphatic heterocycles. The molecule has 0 bridgehead atoms. The lowest BCUT2D eigenvalue weighted by atomic mass is 9.97. The summed E-state index contributed by atoms with van der Waals surface area (Å²) in [5.74, 6) is 1.42. The molecule has 5 N–H and O–H groups in total. The van der Waals surface area contributed by atoms with Crippen molar-refractivity contribution in [3.05, 3.63) is 36.3 Å². The number of rotatable bonds is 4. The van der Waals surface area contributed by atoms with Gasteiger partial charge in [0.25, 0.3) is 0 Å². The van der Waals surface area contributed by atoms with Gasteiger partial charge in [0.15, 0.2) is 17.2 Å². The minimum atomic E-state index is -1.48. The molecule has 0 saturated carbocycles. The predicted molar refractivity (Wildman–Crippen MR) is 88.8 cm³/mol. The number of aliphatic hydroxyl groups excluding tert-OH is 3. The van der Waals surface area contributed by atoms with Crippen molar-refractivity contribution in [2.45, 2.75) is 37.4 Å². The summed E-state index contributed by atoms with van der Waals surface area (Å²) in [4.78, 5) is 12.3. The molecule has 0 aliphatic carbocycles. The fourth-order valence-corrected chi connectivity index (χ4v) is 3.41. The van der Waals surface area contributed by atoms with E-state index in [0.717, 1.165) is 0 Å². The maximum absolute atomic E-state index is 10.8. The number of nitrogens with zero attached hydrogens (tertiary/aromatic N) is 4. The molecule has 0 spiro atoms. The van der Waals surface area contributed by atoms with Gasteiger partial charge in [0.1, 0.15) is 41.7 Å². The van der Waals surface area contributed by atoms with Gasteiger partial charge in [-0.25, -0.2) is 15.0 Å². The summed E-state index contributed by atoms with van der Waals surface area (Å²) in [6, 6.07) is 3.55. The highest BCUT2D eigenvalue weighted by atomic mass is 16.6. The van der Waals surface area contributed by atoms with Gasteiger partial charge in [0.2, 0.25) is 0 Å². The third-order valence-corrected chi connectivity index (χ3v) is 4.70. The van der Waals surface area contributed by atoms with Crippen LogP contribution >= 0.6 is 0 Å². The molecule has 4 heterocycles. The number of furan rings is 1. The van der Waals surface area contributed by atoms with E-state index in [0.29, 0.717) is 22.7 Å². The lowest BCUT2D eigenvalue weighted by Crippen LogP contribution is -2.47. The maximum atomic E-state index is 10.8. The Balaban J connectivity index is 1.89. The van der Waals surface area contributed by atoms with Crippen LogP contribution in [0, 0.1) is 6.92 Å². The van der Waals surface area contributed by atoms with Crippen LogP contribution < -0.4 is 5.73 Å². The Hall–Kier alpha value is -2.53. The van der Waals surface area contributed by atoms with Crippen molar-refractivity contribution in [3.63, 3.8) is 0 Å². The summed E-state index contributed by atoms with van der Waals surface area (Å²) < 4.78 is 13.1. The Labute approximate surface area is 147 Å². The van der Waals surface area contributed by atoms with Crippen LogP contribution in [0.3, 0.4) is 0 Å². The molecule has 3 aromatic rings. The van der Waals surface area contributed by atoms with E-state index in [9.17, 15) is 15.3 Å². The topological polar surface area (TPSA) is 153 Å². The highest BCUT2D eigenvalue weighted by molar-refractivity contribution is 5.81. The summed E-state index contributed by atoms with van der Waals surface area (Å²) in [7, 11) is 0. The van der Waals surface area contributed by atoms with Crippen molar-refractivity contribution in [1.82, 2.24) is 19.5 Å². The smallest absolute Gasteiger partial charge is 0.183 e. The molecule has 0 amide bonds. The fraction of sp³-hybridized carbons (Fsp3) is 0.438. The zero-order chi connectivity index (χ0) is 18.5. The summed E-state index contributed by atoms with van der Waals surface area (Å²) in [5, 5.41) is 30.7.